The normalized spacial score (nSPS) is 16.6. The van der Waals surface area contributed by atoms with Gasteiger partial charge in [0.25, 0.3) is 0 Å². The summed E-state index contributed by atoms with van der Waals surface area (Å²) in [6.07, 6.45) is -1.23. The molecule has 1 aliphatic rings. The highest BCUT2D eigenvalue weighted by Gasteiger charge is 2.38. The minimum atomic E-state index is -4.82. The van der Waals surface area contributed by atoms with Gasteiger partial charge in [-0.2, -0.15) is 13.2 Å². The topological polar surface area (TPSA) is 29.1 Å². The van der Waals surface area contributed by atoms with Crippen molar-refractivity contribution in [3.63, 3.8) is 0 Å². The second-order valence-corrected chi connectivity index (χ2v) is 5.94. The van der Waals surface area contributed by atoms with E-state index in [1.807, 2.05) is 29.6 Å². The quantitative estimate of drug-likeness (QED) is 0.799. The molecule has 1 saturated carbocycles. The molecular formula is C15H17ClF3NO. The van der Waals surface area contributed by atoms with Crippen LogP contribution in [0.5, 0.6) is 0 Å². The minimum Gasteiger partial charge on any atom is -0.348 e. The Balaban J connectivity index is 1.75. The molecule has 1 fully saturated rings. The van der Waals surface area contributed by atoms with Crippen molar-refractivity contribution < 1.29 is 18.0 Å². The number of alkyl halides is 4. The standard InChI is InChI=1S/C15H17ClF3NO/c16-13(12-5-6-12)9-11-3-1-10(2-4-11)7-8-20-14(21)15(17,18)19/h1-4,12-13H,5-9H2,(H,20,21)/t13-/m1/s1. The molecule has 0 saturated heterocycles. The second-order valence-electron chi connectivity index (χ2n) is 5.38. The molecule has 1 atom stereocenters. The molecule has 0 spiro atoms. The summed E-state index contributed by atoms with van der Waals surface area (Å²) in [5, 5.41) is 2.02. The first-order valence-corrected chi connectivity index (χ1v) is 7.37. The van der Waals surface area contributed by atoms with E-state index in [4.69, 9.17) is 11.6 Å². The lowest BCUT2D eigenvalue weighted by Crippen LogP contribution is -2.37. The Morgan fingerprint density at radius 3 is 2.33 bits per heavy atom. The summed E-state index contributed by atoms with van der Waals surface area (Å²) in [5.74, 6) is -1.27. The number of amides is 1. The van der Waals surface area contributed by atoms with Crippen molar-refractivity contribution in [2.45, 2.75) is 37.2 Å². The third-order valence-corrected chi connectivity index (χ3v) is 4.05. The van der Waals surface area contributed by atoms with E-state index in [0.717, 1.165) is 17.5 Å². The van der Waals surface area contributed by atoms with Crippen molar-refractivity contribution in [2.24, 2.45) is 5.92 Å². The average molecular weight is 320 g/mol. The average Bonchev–Trinajstić information content (AvgIpc) is 3.24. The summed E-state index contributed by atoms with van der Waals surface area (Å²) >= 11 is 6.26. The summed E-state index contributed by atoms with van der Waals surface area (Å²) in [6.45, 7) is -0.0299. The van der Waals surface area contributed by atoms with Gasteiger partial charge in [-0.05, 0) is 42.7 Å². The lowest BCUT2D eigenvalue weighted by atomic mass is 10.0. The van der Waals surface area contributed by atoms with E-state index in [2.05, 4.69) is 0 Å². The summed E-state index contributed by atoms with van der Waals surface area (Å²) in [4.78, 5) is 10.6. The first-order valence-electron chi connectivity index (χ1n) is 6.93. The molecule has 0 aliphatic heterocycles. The molecule has 0 aromatic heterocycles. The van der Waals surface area contributed by atoms with E-state index in [1.54, 1.807) is 0 Å². The maximum atomic E-state index is 12.0. The highest BCUT2D eigenvalue weighted by molar-refractivity contribution is 6.21. The van der Waals surface area contributed by atoms with Gasteiger partial charge in [0.2, 0.25) is 0 Å². The first-order chi connectivity index (χ1) is 9.86. The maximum Gasteiger partial charge on any atom is 0.471 e. The van der Waals surface area contributed by atoms with Gasteiger partial charge < -0.3 is 5.32 Å². The van der Waals surface area contributed by atoms with E-state index in [9.17, 15) is 18.0 Å². The van der Waals surface area contributed by atoms with Gasteiger partial charge in [-0.15, -0.1) is 11.6 Å². The number of nitrogens with one attached hydrogen (secondary N) is 1. The summed E-state index contributed by atoms with van der Waals surface area (Å²) in [6, 6.07) is 7.62. The Hall–Kier alpha value is -1.23. The second kappa shape index (κ2) is 6.69. The molecule has 0 radical (unpaired) electrons. The molecular weight excluding hydrogens is 303 g/mol. The Labute approximate surface area is 126 Å². The highest BCUT2D eigenvalue weighted by atomic mass is 35.5. The van der Waals surface area contributed by atoms with Gasteiger partial charge in [0.15, 0.2) is 0 Å². The van der Waals surface area contributed by atoms with Crippen molar-refractivity contribution in [1.29, 1.82) is 0 Å². The molecule has 1 amide bonds. The monoisotopic (exact) mass is 319 g/mol. The molecule has 21 heavy (non-hydrogen) atoms. The van der Waals surface area contributed by atoms with Gasteiger partial charge in [-0.1, -0.05) is 24.3 Å². The first kappa shape index (κ1) is 16.1. The Kier molecular flexibility index (Phi) is 5.14. The van der Waals surface area contributed by atoms with Crippen LogP contribution in [0.15, 0.2) is 24.3 Å². The van der Waals surface area contributed by atoms with E-state index in [-0.39, 0.29) is 11.9 Å². The van der Waals surface area contributed by atoms with Crippen LogP contribution in [0.3, 0.4) is 0 Å². The number of halogens is 4. The molecule has 2 nitrogen and oxygen atoms in total. The molecule has 1 aromatic rings. The predicted molar refractivity (Wildman–Crippen MR) is 75.3 cm³/mol. The molecule has 2 rings (SSSR count). The lowest BCUT2D eigenvalue weighted by molar-refractivity contribution is -0.173. The van der Waals surface area contributed by atoms with Crippen molar-refractivity contribution in [3.05, 3.63) is 35.4 Å². The Bertz CT molecular complexity index is 483. The zero-order chi connectivity index (χ0) is 15.5. The van der Waals surface area contributed by atoms with Gasteiger partial charge in [0.1, 0.15) is 0 Å². The third kappa shape index (κ3) is 5.23. The van der Waals surface area contributed by atoms with Crippen LogP contribution in [0.2, 0.25) is 0 Å². The van der Waals surface area contributed by atoms with E-state index >= 15 is 0 Å². The number of carbonyl (C=O) groups is 1. The van der Waals surface area contributed by atoms with Crippen molar-refractivity contribution in [2.75, 3.05) is 6.54 Å². The SMILES string of the molecule is O=C(NCCc1ccc(C[C@@H](Cl)C2CC2)cc1)C(F)(F)F. The molecule has 6 heteroatoms. The summed E-state index contributed by atoms with van der Waals surface area (Å²) < 4.78 is 36.0. The highest BCUT2D eigenvalue weighted by Crippen LogP contribution is 2.37. The van der Waals surface area contributed by atoms with Gasteiger partial charge in [-0.3, -0.25) is 4.79 Å². The third-order valence-electron chi connectivity index (χ3n) is 3.54. The van der Waals surface area contributed by atoms with Crippen LogP contribution in [-0.4, -0.2) is 24.0 Å². The summed E-state index contributed by atoms with van der Waals surface area (Å²) in [5.41, 5.74) is 2.02. The van der Waals surface area contributed by atoms with Crippen LogP contribution in [0.1, 0.15) is 24.0 Å². The fourth-order valence-electron chi connectivity index (χ4n) is 2.11. The van der Waals surface area contributed by atoms with E-state index < -0.39 is 12.1 Å². The van der Waals surface area contributed by atoms with Crippen LogP contribution in [0, 0.1) is 5.92 Å². The van der Waals surface area contributed by atoms with Crippen LogP contribution < -0.4 is 5.32 Å². The molecule has 1 aromatic carbocycles. The van der Waals surface area contributed by atoms with Crippen LogP contribution in [-0.2, 0) is 17.6 Å². The minimum absolute atomic E-state index is 0.0299. The molecule has 1 N–H and O–H groups in total. The van der Waals surface area contributed by atoms with Crippen molar-refractivity contribution >= 4 is 17.5 Å². The molecule has 0 bridgehead atoms. The summed E-state index contributed by atoms with van der Waals surface area (Å²) in [7, 11) is 0. The van der Waals surface area contributed by atoms with Crippen LogP contribution in [0.25, 0.3) is 0 Å². The number of carbonyl (C=O) groups excluding carboxylic acids is 1. The number of rotatable bonds is 6. The van der Waals surface area contributed by atoms with E-state index in [0.29, 0.717) is 12.3 Å². The number of hydrogen-bond acceptors (Lipinski definition) is 1. The smallest absolute Gasteiger partial charge is 0.348 e. The zero-order valence-corrected chi connectivity index (χ0v) is 12.2. The van der Waals surface area contributed by atoms with Gasteiger partial charge in [-0.25, -0.2) is 0 Å². The Morgan fingerprint density at radius 1 is 1.24 bits per heavy atom. The molecule has 1 aliphatic carbocycles. The van der Waals surface area contributed by atoms with E-state index in [1.165, 1.54) is 12.8 Å². The number of benzene rings is 1. The van der Waals surface area contributed by atoms with Crippen LogP contribution in [0.4, 0.5) is 13.2 Å². The number of hydrogen-bond donors (Lipinski definition) is 1. The van der Waals surface area contributed by atoms with Gasteiger partial charge in [0.05, 0.1) is 0 Å². The van der Waals surface area contributed by atoms with Crippen molar-refractivity contribution in [3.8, 4) is 0 Å². The van der Waals surface area contributed by atoms with Crippen LogP contribution >= 0.6 is 11.6 Å². The fourth-order valence-corrected chi connectivity index (χ4v) is 2.54. The van der Waals surface area contributed by atoms with Crippen molar-refractivity contribution in [1.82, 2.24) is 5.32 Å². The van der Waals surface area contributed by atoms with Gasteiger partial charge >= 0.3 is 12.1 Å². The molecule has 0 unspecified atom stereocenters. The van der Waals surface area contributed by atoms with Gasteiger partial charge in [0, 0.05) is 11.9 Å². The molecule has 0 heterocycles. The Morgan fingerprint density at radius 2 is 1.81 bits per heavy atom. The maximum absolute atomic E-state index is 12.0. The lowest BCUT2D eigenvalue weighted by Gasteiger charge is -2.10. The fraction of sp³-hybridized carbons (Fsp3) is 0.533. The predicted octanol–water partition coefficient (Wildman–Crippen LogP) is 3.47. The molecule has 116 valence electrons. The largest absolute Gasteiger partial charge is 0.471 e. The zero-order valence-electron chi connectivity index (χ0n) is 11.4.